The highest BCUT2D eigenvalue weighted by Crippen LogP contribution is 2.26. The number of hydrogen-bond acceptors (Lipinski definition) is 3. The molecule has 0 unspecified atom stereocenters. The van der Waals surface area contributed by atoms with Crippen LogP contribution in [-0.4, -0.2) is 17.1 Å². The maximum atomic E-state index is 5.96. The number of ether oxygens (including phenoxy) is 1. The second-order valence-electron chi connectivity index (χ2n) is 4.25. The lowest BCUT2D eigenvalue weighted by atomic mass is 10.3. The van der Waals surface area contributed by atoms with Crippen LogP contribution in [0.15, 0.2) is 36.4 Å². The number of aromatic amines is 1. The molecule has 20 heavy (non-hydrogen) atoms. The second kappa shape index (κ2) is 5.23. The molecule has 4 nitrogen and oxygen atoms in total. The zero-order chi connectivity index (χ0) is 14.1. The number of hydrogen-bond donors (Lipinski definition) is 2. The molecular formula is C14H11Cl2N3O. The summed E-state index contributed by atoms with van der Waals surface area (Å²) in [6, 6.07) is 10.9. The molecule has 2 N–H and O–H groups in total. The van der Waals surface area contributed by atoms with Crippen molar-refractivity contribution in [1.29, 1.82) is 0 Å². The first-order chi connectivity index (χ1) is 9.64. The third-order valence-electron chi connectivity index (χ3n) is 2.81. The van der Waals surface area contributed by atoms with Gasteiger partial charge in [-0.1, -0.05) is 23.2 Å². The van der Waals surface area contributed by atoms with E-state index in [1.165, 1.54) is 0 Å². The van der Waals surface area contributed by atoms with Gasteiger partial charge >= 0.3 is 0 Å². The number of imidazole rings is 1. The van der Waals surface area contributed by atoms with E-state index in [4.69, 9.17) is 27.9 Å². The van der Waals surface area contributed by atoms with Crippen LogP contribution in [0.2, 0.25) is 10.0 Å². The van der Waals surface area contributed by atoms with Crippen molar-refractivity contribution in [2.45, 2.75) is 0 Å². The Hall–Kier alpha value is -1.91. The molecule has 0 saturated carbocycles. The van der Waals surface area contributed by atoms with Gasteiger partial charge in [0.05, 0.1) is 18.1 Å². The van der Waals surface area contributed by atoms with Gasteiger partial charge in [-0.2, -0.15) is 0 Å². The van der Waals surface area contributed by atoms with Gasteiger partial charge in [0.2, 0.25) is 5.95 Å². The summed E-state index contributed by atoms with van der Waals surface area (Å²) in [5, 5.41) is 4.27. The van der Waals surface area contributed by atoms with Gasteiger partial charge in [0.25, 0.3) is 0 Å². The first kappa shape index (κ1) is 13.1. The smallest absolute Gasteiger partial charge is 0.205 e. The van der Waals surface area contributed by atoms with Crippen LogP contribution in [0.3, 0.4) is 0 Å². The van der Waals surface area contributed by atoms with Gasteiger partial charge in [-0.05, 0) is 30.3 Å². The molecule has 2 aromatic carbocycles. The molecule has 0 fully saturated rings. The van der Waals surface area contributed by atoms with Gasteiger partial charge in [-0.3, -0.25) is 0 Å². The summed E-state index contributed by atoms with van der Waals surface area (Å²) < 4.78 is 5.18. The van der Waals surface area contributed by atoms with Gasteiger partial charge in [0, 0.05) is 21.8 Å². The quantitative estimate of drug-likeness (QED) is 0.742. The largest absolute Gasteiger partial charge is 0.497 e. The zero-order valence-electron chi connectivity index (χ0n) is 10.6. The SMILES string of the molecule is COc1ccc2nc(Nc3cc(Cl)cc(Cl)c3)[nH]c2c1. The van der Waals surface area contributed by atoms with Gasteiger partial charge < -0.3 is 15.0 Å². The fraction of sp³-hybridized carbons (Fsp3) is 0.0714. The summed E-state index contributed by atoms with van der Waals surface area (Å²) in [4.78, 5) is 7.60. The molecule has 0 spiro atoms. The summed E-state index contributed by atoms with van der Waals surface area (Å²) in [5.41, 5.74) is 2.51. The average Bonchev–Trinajstić information content (AvgIpc) is 2.78. The number of benzene rings is 2. The van der Waals surface area contributed by atoms with E-state index < -0.39 is 0 Å². The lowest BCUT2D eigenvalue weighted by molar-refractivity contribution is 0.415. The van der Waals surface area contributed by atoms with Crippen molar-refractivity contribution < 1.29 is 4.74 Å². The molecule has 0 atom stereocenters. The van der Waals surface area contributed by atoms with Crippen LogP contribution in [0.25, 0.3) is 11.0 Å². The predicted molar refractivity (Wildman–Crippen MR) is 82.4 cm³/mol. The van der Waals surface area contributed by atoms with Gasteiger partial charge in [-0.15, -0.1) is 0 Å². The lowest BCUT2D eigenvalue weighted by Gasteiger charge is -2.03. The highest BCUT2D eigenvalue weighted by molar-refractivity contribution is 6.35. The highest BCUT2D eigenvalue weighted by atomic mass is 35.5. The zero-order valence-corrected chi connectivity index (χ0v) is 12.1. The highest BCUT2D eigenvalue weighted by Gasteiger charge is 2.05. The average molecular weight is 308 g/mol. The van der Waals surface area contributed by atoms with Crippen LogP contribution in [-0.2, 0) is 0 Å². The van der Waals surface area contributed by atoms with E-state index in [9.17, 15) is 0 Å². The molecule has 102 valence electrons. The van der Waals surface area contributed by atoms with Crippen LogP contribution in [0.1, 0.15) is 0 Å². The van der Waals surface area contributed by atoms with E-state index in [0.717, 1.165) is 22.5 Å². The van der Waals surface area contributed by atoms with Crippen molar-refractivity contribution in [2.75, 3.05) is 12.4 Å². The standard InChI is InChI=1S/C14H11Cl2N3O/c1-20-11-2-3-12-13(7-11)19-14(18-12)17-10-5-8(15)4-9(16)6-10/h2-7H,1H3,(H2,17,18,19). The molecule has 0 aliphatic rings. The summed E-state index contributed by atoms with van der Waals surface area (Å²) in [7, 11) is 1.63. The van der Waals surface area contributed by atoms with Crippen molar-refractivity contribution in [1.82, 2.24) is 9.97 Å². The Balaban J connectivity index is 1.94. The Kier molecular flexibility index (Phi) is 3.42. The number of fused-ring (bicyclic) bond motifs is 1. The minimum atomic E-state index is 0.567. The molecule has 0 aliphatic carbocycles. The van der Waals surface area contributed by atoms with Crippen molar-refractivity contribution in [3.8, 4) is 5.75 Å². The number of halogens is 2. The molecule has 0 radical (unpaired) electrons. The monoisotopic (exact) mass is 307 g/mol. The maximum absolute atomic E-state index is 5.96. The van der Waals surface area contributed by atoms with E-state index in [0.29, 0.717) is 16.0 Å². The summed E-state index contributed by atoms with van der Waals surface area (Å²) >= 11 is 11.9. The molecular weight excluding hydrogens is 297 g/mol. The Bertz CT molecular complexity index is 750. The number of nitrogens with one attached hydrogen (secondary N) is 2. The van der Waals surface area contributed by atoms with Crippen molar-refractivity contribution in [2.24, 2.45) is 0 Å². The maximum Gasteiger partial charge on any atom is 0.205 e. The van der Waals surface area contributed by atoms with Crippen LogP contribution in [0.5, 0.6) is 5.75 Å². The normalized spacial score (nSPS) is 10.8. The minimum Gasteiger partial charge on any atom is -0.497 e. The molecule has 1 heterocycles. The Labute approximate surface area is 125 Å². The minimum absolute atomic E-state index is 0.567. The predicted octanol–water partition coefficient (Wildman–Crippen LogP) is 4.62. The molecule has 0 amide bonds. The van der Waals surface area contributed by atoms with E-state index in [-0.39, 0.29) is 0 Å². The van der Waals surface area contributed by atoms with Crippen molar-refractivity contribution >= 4 is 45.9 Å². The molecule has 3 rings (SSSR count). The third-order valence-corrected chi connectivity index (χ3v) is 3.25. The van der Waals surface area contributed by atoms with E-state index in [1.807, 2.05) is 18.2 Å². The number of anilines is 2. The molecule has 0 aliphatic heterocycles. The Morgan fingerprint density at radius 2 is 1.85 bits per heavy atom. The first-order valence-corrected chi connectivity index (χ1v) is 6.66. The number of aromatic nitrogens is 2. The number of methoxy groups -OCH3 is 1. The van der Waals surface area contributed by atoms with Gasteiger partial charge in [-0.25, -0.2) is 4.98 Å². The van der Waals surface area contributed by atoms with Crippen LogP contribution < -0.4 is 10.1 Å². The van der Waals surface area contributed by atoms with Crippen LogP contribution in [0.4, 0.5) is 11.6 Å². The Morgan fingerprint density at radius 1 is 1.10 bits per heavy atom. The van der Waals surface area contributed by atoms with E-state index >= 15 is 0 Å². The summed E-state index contributed by atoms with van der Waals surface area (Å²) in [6.07, 6.45) is 0. The molecule has 0 bridgehead atoms. The molecule has 1 aromatic heterocycles. The second-order valence-corrected chi connectivity index (χ2v) is 5.12. The van der Waals surface area contributed by atoms with Crippen LogP contribution in [0, 0.1) is 0 Å². The molecule has 6 heteroatoms. The fourth-order valence-corrected chi connectivity index (χ4v) is 2.46. The number of H-pyrrole nitrogens is 1. The fourth-order valence-electron chi connectivity index (χ4n) is 1.94. The first-order valence-electron chi connectivity index (χ1n) is 5.91. The number of nitrogens with zero attached hydrogens (tertiary/aromatic N) is 1. The topological polar surface area (TPSA) is 49.9 Å². The Morgan fingerprint density at radius 3 is 2.55 bits per heavy atom. The van der Waals surface area contributed by atoms with E-state index in [1.54, 1.807) is 25.3 Å². The molecule has 0 saturated heterocycles. The molecule has 3 aromatic rings. The lowest BCUT2D eigenvalue weighted by Crippen LogP contribution is -1.91. The van der Waals surface area contributed by atoms with E-state index in [2.05, 4.69) is 15.3 Å². The number of rotatable bonds is 3. The summed E-state index contributed by atoms with van der Waals surface area (Å²) in [5.74, 6) is 1.39. The summed E-state index contributed by atoms with van der Waals surface area (Å²) in [6.45, 7) is 0. The van der Waals surface area contributed by atoms with Crippen LogP contribution >= 0.6 is 23.2 Å². The van der Waals surface area contributed by atoms with Crippen molar-refractivity contribution in [3.63, 3.8) is 0 Å². The van der Waals surface area contributed by atoms with Gasteiger partial charge in [0.15, 0.2) is 0 Å². The third kappa shape index (κ3) is 2.66. The van der Waals surface area contributed by atoms with Crippen molar-refractivity contribution in [3.05, 3.63) is 46.4 Å². The van der Waals surface area contributed by atoms with Gasteiger partial charge in [0.1, 0.15) is 5.75 Å².